The summed E-state index contributed by atoms with van der Waals surface area (Å²) in [5.74, 6) is -0.126. The lowest BCUT2D eigenvalue weighted by atomic mass is 10.1. The molecule has 2 atom stereocenters. The molecule has 0 spiro atoms. The van der Waals surface area contributed by atoms with Gasteiger partial charge in [0.05, 0.1) is 6.10 Å². The van der Waals surface area contributed by atoms with Crippen LogP contribution in [0.5, 0.6) is 0 Å². The molecule has 0 aliphatic carbocycles. The Bertz CT molecular complexity index is 354. The normalized spacial score (nSPS) is 13.9. The van der Waals surface area contributed by atoms with Gasteiger partial charge in [0.25, 0.3) is 0 Å². The number of carbonyl (C=O) groups excluding carboxylic acids is 1. The Kier molecular flexibility index (Phi) is 6.39. The number of hydrogen-bond acceptors (Lipinski definition) is 3. The summed E-state index contributed by atoms with van der Waals surface area (Å²) in [6.07, 6.45) is -0.651. The number of carbonyl (C=O) groups is 1. The molecule has 3 N–H and O–H groups in total. The third-order valence-corrected chi connectivity index (χ3v) is 2.80. The third kappa shape index (κ3) is 4.85. The fourth-order valence-electron chi connectivity index (χ4n) is 1.62. The van der Waals surface area contributed by atoms with E-state index in [0.717, 1.165) is 12.1 Å². The predicted octanol–water partition coefficient (Wildman–Crippen LogP) is 1.08. The van der Waals surface area contributed by atoms with Gasteiger partial charge in [-0.15, -0.1) is 0 Å². The Morgan fingerprint density at radius 1 is 1.28 bits per heavy atom. The molecule has 0 aliphatic heterocycles. The highest BCUT2D eigenvalue weighted by atomic mass is 16.3. The molecule has 18 heavy (non-hydrogen) atoms. The number of aliphatic hydroxyl groups is 1. The van der Waals surface area contributed by atoms with Crippen molar-refractivity contribution in [3.8, 4) is 0 Å². The monoisotopic (exact) mass is 250 g/mol. The van der Waals surface area contributed by atoms with Gasteiger partial charge >= 0.3 is 0 Å². The van der Waals surface area contributed by atoms with Crippen molar-refractivity contribution in [2.45, 2.75) is 20.0 Å². The van der Waals surface area contributed by atoms with E-state index in [9.17, 15) is 9.90 Å². The summed E-state index contributed by atoms with van der Waals surface area (Å²) in [6.45, 7) is 5.63. The molecular formula is C14H22N2O2. The molecule has 0 heterocycles. The maximum Gasteiger partial charge on any atom is 0.224 e. The van der Waals surface area contributed by atoms with E-state index < -0.39 is 6.10 Å². The Hall–Kier alpha value is -1.39. The fourth-order valence-corrected chi connectivity index (χ4v) is 1.62. The van der Waals surface area contributed by atoms with E-state index in [0.29, 0.717) is 6.54 Å². The minimum atomic E-state index is -0.651. The van der Waals surface area contributed by atoms with Crippen LogP contribution in [-0.2, 0) is 4.79 Å². The molecule has 100 valence electrons. The van der Waals surface area contributed by atoms with E-state index in [-0.39, 0.29) is 18.4 Å². The zero-order valence-corrected chi connectivity index (χ0v) is 11.0. The third-order valence-electron chi connectivity index (χ3n) is 2.80. The fraction of sp³-hybridized carbons (Fsp3) is 0.500. The van der Waals surface area contributed by atoms with E-state index in [1.54, 1.807) is 0 Å². The van der Waals surface area contributed by atoms with Gasteiger partial charge in [0.2, 0.25) is 5.91 Å². The highest BCUT2D eigenvalue weighted by molar-refractivity contribution is 5.78. The Balaban J connectivity index is 2.34. The highest BCUT2D eigenvalue weighted by Crippen LogP contribution is 2.10. The van der Waals surface area contributed by atoms with Crippen molar-refractivity contribution in [1.29, 1.82) is 0 Å². The van der Waals surface area contributed by atoms with Crippen LogP contribution in [0.25, 0.3) is 0 Å². The van der Waals surface area contributed by atoms with Crippen LogP contribution >= 0.6 is 0 Å². The highest BCUT2D eigenvalue weighted by Gasteiger charge is 2.14. The molecule has 2 unspecified atom stereocenters. The number of benzene rings is 1. The molecule has 1 aromatic rings. The number of rotatable bonds is 7. The van der Waals surface area contributed by atoms with Crippen LogP contribution in [0.3, 0.4) is 0 Å². The van der Waals surface area contributed by atoms with Crippen molar-refractivity contribution >= 4 is 5.91 Å². The first kappa shape index (κ1) is 14.7. The molecule has 4 heteroatoms. The van der Waals surface area contributed by atoms with Gasteiger partial charge in [0.1, 0.15) is 0 Å². The van der Waals surface area contributed by atoms with Gasteiger partial charge in [0, 0.05) is 19.0 Å². The zero-order chi connectivity index (χ0) is 13.4. The number of hydrogen-bond donors (Lipinski definition) is 3. The molecule has 0 aliphatic rings. The molecule has 0 aromatic heterocycles. The van der Waals surface area contributed by atoms with Crippen molar-refractivity contribution in [1.82, 2.24) is 10.6 Å². The summed E-state index contributed by atoms with van der Waals surface area (Å²) in [7, 11) is 0. The molecule has 4 nitrogen and oxygen atoms in total. The number of nitrogens with one attached hydrogen (secondary N) is 2. The van der Waals surface area contributed by atoms with Crippen LogP contribution in [0.15, 0.2) is 30.3 Å². The second-order valence-corrected chi connectivity index (χ2v) is 4.38. The number of aliphatic hydroxyl groups excluding tert-OH is 1. The maximum atomic E-state index is 11.7. The van der Waals surface area contributed by atoms with Crippen molar-refractivity contribution < 1.29 is 9.90 Å². The molecule has 0 radical (unpaired) electrons. The average molecular weight is 250 g/mol. The van der Waals surface area contributed by atoms with Crippen LogP contribution in [0.1, 0.15) is 25.5 Å². The van der Waals surface area contributed by atoms with Crippen LogP contribution in [0.2, 0.25) is 0 Å². The van der Waals surface area contributed by atoms with Gasteiger partial charge in [-0.2, -0.15) is 0 Å². The molecule has 0 fully saturated rings. The van der Waals surface area contributed by atoms with Crippen LogP contribution in [-0.4, -0.2) is 30.6 Å². The lowest BCUT2D eigenvalue weighted by Crippen LogP contribution is -2.37. The predicted molar refractivity (Wildman–Crippen MR) is 72.1 cm³/mol. The van der Waals surface area contributed by atoms with Crippen LogP contribution in [0.4, 0.5) is 0 Å². The quantitative estimate of drug-likeness (QED) is 0.678. The summed E-state index contributed by atoms with van der Waals surface area (Å²) in [4.78, 5) is 11.7. The Labute approximate surface area is 108 Å². The first-order valence-corrected chi connectivity index (χ1v) is 6.36. The Morgan fingerprint density at radius 2 is 1.94 bits per heavy atom. The van der Waals surface area contributed by atoms with E-state index in [1.165, 1.54) is 0 Å². The van der Waals surface area contributed by atoms with Gasteiger partial charge in [0.15, 0.2) is 0 Å². The molecular weight excluding hydrogens is 228 g/mol. The van der Waals surface area contributed by atoms with Gasteiger partial charge < -0.3 is 15.7 Å². The minimum absolute atomic E-state index is 0.0362. The number of amides is 1. The van der Waals surface area contributed by atoms with Gasteiger partial charge in [-0.3, -0.25) is 4.79 Å². The minimum Gasteiger partial charge on any atom is -0.387 e. The molecule has 1 aromatic carbocycles. The van der Waals surface area contributed by atoms with Crippen LogP contribution < -0.4 is 10.6 Å². The lowest BCUT2D eigenvalue weighted by Gasteiger charge is -2.15. The first-order chi connectivity index (χ1) is 8.65. The van der Waals surface area contributed by atoms with Crippen molar-refractivity contribution in [3.63, 3.8) is 0 Å². The lowest BCUT2D eigenvalue weighted by molar-refractivity contribution is -0.124. The molecule has 1 amide bonds. The zero-order valence-electron chi connectivity index (χ0n) is 11.0. The van der Waals surface area contributed by atoms with E-state index in [1.807, 2.05) is 44.2 Å². The Morgan fingerprint density at radius 3 is 2.56 bits per heavy atom. The maximum absolute atomic E-state index is 11.7. The largest absolute Gasteiger partial charge is 0.387 e. The molecule has 1 rings (SSSR count). The SMILES string of the molecule is CCNCC(C)C(=O)NCC(O)c1ccccc1. The summed E-state index contributed by atoms with van der Waals surface area (Å²) in [5, 5.41) is 15.8. The summed E-state index contributed by atoms with van der Waals surface area (Å²) in [5.41, 5.74) is 0.817. The van der Waals surface area contributed by atoms with Crippen molar-refractivity contribution in [2.75, 3.05) is 19.6 Å². The van der Waals surface area contributed by atoms with E-state index in [4.69, 9.17) is 0 Å². The smallest absolute Gasteiger partial charge is 0.224 e. The molecule has 0 saturated heterocycles. The summed E-state index contributed by atoms with van der Waals surface area (Å²) >= 11 is 0. The van der Waals surface area contributed by atoms with Crippen molar-refractivity contribution in [2.24, 2.45) is 5.92 Å². The summed E-state index contributed by atoms with van der Waals surface area (Å²) in [6, 6.07) is 9.33. The van der Waals surface area contributed by atoms with Gasteiger partial charge in [-0.1, -0.05) is 44.2 Å². The summed E-state index contributed by atoms with van der Waals surface area (Å²) < 4.78 is 0. The molecule has 0 bridgehead atoms. The van der Waals surface area contributed by atoms with E-state index in [2.05, 4.69) is 10.6 Å². The van der Waals surface area contributed by atoms with Crippen LogP contribution in [0, 0.1) is 5.92 Å². The van der Waals surface area contributed by atoms with Gasteiger partial charge in [-0.25, -0.2) is 0 Å². The standard InChI is InChI=1S/C14H22N2O2/c1-3-15-9-11(2)14(18)16-10-13(17)12-7-5-4-6-8-12/h4-8,11,13,15,17H,3,9-10H2,1-2H3,(H,16,18). The average Bonchev–Trinajstić information content (AvgIpc) is 2.42. The van der Waals surface area contributed by atoms with Gasteiger partial charge in [-0.05, 0) is 12.1 Å². The second-order valence-electron chi connectivity index (χ2n) is 4.38. The molecule has 0 saturated carbocycles. The van der Waals surface area contributed by atoms with Crippen molar-refractivity contribution in [3.05, 3.63) is 35.9 Å². The second kappa shape index (κ2) is 7.84. The van der Waals surface area contributed by atoms with E-state index >= 15 is 0 Å². The topological polar surface area (TPSA) is 61.4 Å². The first-order valence-electron chi connectivity index (χ1n) is 6.36.